The van der Waals surface area contributed by atoms with Crippen molar-refractivity contribution >= 4 is 23.1 Å². The fourth-order valence-corrected chi connectivity index (χ4v) is 1.78. The van der Waals surface area contributed by atoms with E-state index in [0.29, 0.717) is 11.4 Å². The average Bonchev–Trinajstić information content (AvgIpc) is 2.30. The number of nitrogens with one attached hydrogen (secondary N) is 1. The normalized spacial score (nSPS) is 9.71. The van der Waals surface area contributed by atoms with Crippen LogP contribution < -0.4 is 5.32 Å². The quantitative estimate of drug-likeness (QED) is 0.819. The molecule has 0 radical (unpaired) electrons. The molecule has 0 unspecified atom stereocenters. The Morgan fingerprint density at radius 2 is 2.00 bits per heavy atom. The van der Waals surface area contributed by atoms with E-state index < -0.39 is 0 Å². The smallest absolute Gasteiger partial charge is 0.149 e. The van der Waals surface area contributed by atoms with Crippen LogP contribution in [0.2, 0.25) is 5.15 Å². The molecule has 0 aliphatic rings. The van der Waals surface area contributed by atoms with Gasteiger partial charge in [-0.05, 0) is 30.7 Å². The minimum atomic E-state index is 0.228. The zero-order chi connectivity index (χ0) is 12.3. The van der Waals surface area contributed by atoms with E-state index in [1.165, 1.54) is 0 Å². The Labute approximate surface area is 105 Å². The molecule has 17 heavy (non-hydrogen) atoms. The van der Waals surface area contributed by atoms with E-state index in [9.17, 15) is 0 Å². The highest BCUT2D eigenvalue weighted by Gasteiger charge is 2.07. The molecule has 3 nitrogen and oxygen atoms in total. The van der Waals surface area contributed by atoms with Gasteiger partial charge in [-0.2, -0.15) is 5.26 Å². The molecule has 0 aliphatic heterocycles. The second-order valence-corrected chi connectivity index (χ2v) is 3.95. The number of rotatable bonds is 2. The number of nitriles is 1. The molecule has 0 fully saturated rings. The van der Waals surface area contributed by atoms with Crippen molar-refractivity contribution in [2.75, 3.05) is 5.32 Å². The molecule has 0 aliphatic carbocycles. The number of halogens is 1. The van der Waals surface area contributed by atoms with Gasteiger partial charge in [0.15, 0.2) is 0 Å². The predicted octanol–water partition coefficient (Wildman–Crippen LogP) is 3.66. The lowest BCUT2D eigenvalue weighted by molar-refractivity contribution is 1.25. The highest BCUT2D eigenvalue weighted by atomic mass is 35.5. The molecule has 0 spiro atoms. The lowest BCUT2D eigenvalue weighted by Gasteiger charge is -2.08. The van der Waals surface area contributed by atoms with Crippen LogP contribution in [0, 0.1) is 18.3 Å². The monoisotopic (exact) mass is 243 g/mol. The summed E-state index contributed by atoms with van der Waals surface area (Å²) in [7, 11) is 0. The predicted molar refractivity (Wildman–Crippen MR) is 68.4 cm³/mol. The molecule has 0 amide bonds. The van der Waals surface area contributed by atoms with Gasteiger partial charge in [0.05, 0.1) is 5.56 Å². The molecule has 1 N–H and O–H groups in total. The zero-order valence-electron chi connectivity index (χ0n) is 9.24. The van der Waals surface area contributed by atoms with Crippen LogP contribution in [-0.4, -0.2) is 4.98 Å². The van der Waals surface area contributed by atoms with Crippen molar-refractivity contribution in [1.82, 2.24) is 4.98 Å². The van der Waals surface area contributed by atoms with Crippen molar-refractivity contribution < 1.29 is 0 Å². The Kier molecular flexibility index (Phi) is 3.27. The Hall–Kier alpha value is -2.05. The van der Waals surface area contributed by atoms with Gasteiger partial charge in [-0.15, -0.1) is 0 Å². The van der Waals surface area contributed by atoms with Crippen molar-refractivity contribution in [3.05, 3.63) is 52.7 Å². The minimum Gasteiger partial charge on any atom is -0.340 e. The summed E-state index contributed by atoms with van der Waals surface area (Å²) in [5, 5.41) is 12.2. The first-order valence-electron chi connectivity index (χ1n) is 5.10. The van der Waals surface area contributed by atoms with Crippen molar-refractivity contribution in [3.8, 4) is 6.07 Å². The molecule has 0 bridgehead atoms. The van der Waals surface area contributed by atoms with E-state index in [0.717, 1.165) is 11.3 Å². The standard InChI is InChI=1S/C13H10ClN3/c1-9-7-12(17-13(14)11(9)8-15)16-10-5-3-2-4-6-10/h2-7H,1H3,(H,16,17). The summed E-state index contributed by atoms with van der Waals surface area (Å²) < 4.78 is 0. The lowest BCUT2D eigenvalue weighted by Crippen LogP contribution is -1.97. The van der Waals surface area contributed by atoms with Crippen LogP contribution in [-0.2, 0) is 0 Å². The molecule has 1 aromatic carbocycles. The lowest BCUT2D eigenvalue weighted by atomic mass is 10.2. The second kappa shape index (κ2) is 4.86. The molecule has 84 valence electrons. The molecule has 0 saturated heterocycles. The van der Waals surface area contributed by atoms with Crippen molar-refractivity contribution in [1.29, 1.82) is 5.26 Å². The summed E-state index contributed by atoms with van der Waals surface area (Å²) in [6.45, 7) is 1.84. The number of hydrogen-bond donors (Lipinski definition) is 1. The van der Waals surface area contributed by atoms with Gasteiger partial charge < -0.3 is 5.32 Å². The first kappa shape index (κ1) is 11.4. The SMILES string of the molecule is Cc1cc(Nc2ccccc2)nc(Cl)c1C#N. The van der Waals surface area contributed by atoms with E-state index in [2.05, 4.69) is 10.3 Å². The zero-order valence-corrected chi connectivity index (χ0v) is 9.99. The maximum atomic E-state index is 8.89. The Bertz CT molecular complexity index is 550. The summed E-state index contributed by atoms with van der Waals surface area (Å²) in [6, 6.07) is 13.5. The summed E-state index contributed by atoms with van der Waals surface area (Å²) in [6.07, 6.45) is 0. The largest absolute Gasteiger partial charge is 0.340 e. The van der Waals surface area contributed by atoms with Crippen LogP contribution in [0.4, 0.5) is 11.5 Å². The number of anilines is 2. The van der Waals surface area contributed by atoms with Gasteiger partial charge in [-0.3, -0.25) is 0 Å². The molecule has 1 heterocycles. The summed E-state index contributed by atoms with van der Waals surface area (Å²) in [5.74, 6) is 0.637. The number of aromatic nitrogens is 1. The number of pyridine rings is 1. The van der Waals surface area contributed by atoms with E-state index in [-0.39, 0.29) is 5.15 Å². The van der Waals surface area contributed by atoms with Gasteiger partial charge >= 0.3 is 0 Å². The Morgan fingerprint density at radius 1 is 1.29 bits per heavy atom. The van der Waals surface area contributed by atoms with E-state index in [4.69, 9.17) is 16.9 Å². The third-order valence-electron chi connectivity index (χ3n) is 2.33. The molecule has 2 aromatic rings. The fraction of sp³-hybridized carbons (Fsp3) is 0.0769. The van der Waals surface area contributed by atoms with Gasteiger partial charge in [-0.25, -0.2) is 4.98 Å². The van der Waals surface area contributed by atoms with Crippen LogP contribution in [0.15, 0.2) is 36.4 Å². The van der Waals surface area contributed by atoms with Gasteiger partial charge in [-0.1, -0.05) is 29.8 Å². The molecule has 0 saturated carbocycles. The van der Waals surface area contributed by atoms with Crippen molar-refractivity contribution in [3.63, 3.8) is 0 Å². The molecular weight excluding hydrogens is 234 g/mol. The molecule has 2 rings (SSSR count). The highest BCUT2D eigenvalue weighted by Crippen LogP contribution is 2.22. The number of benzene rings is 1. The van der Waals surface area contributed by atoms with Gasteiger partial charge in [0.1, 0.15) is 17.0 Å². The van der Waals surface area contributed by atoms with E-state index in [1.807, 2.05) is 43.3 Å². The van der Waals surface area contributed by atoms with Crippen molar-refractivity contribution in [2.45, 2.75) is 6.92 Å². The molecule has 0 atom stereocenters. The Balaban J connectivity index is 2.33. The third-order valence-corrected chi connectivity index (χ3v) is 2.60. The van der Waals surface area contributed by atoms with Crippen LogP contribution >= 0.6 is 11.6 Å². The second-order valence-electron chi connectivity index (χ2n) is 3.59. The van der Waals surface area contributed by atoms with Crippen molar-refractivity contribution in [2.24, 2.45) is 0 Å². The highest BCUT2D eigenvalue weighted by molar-refractivity contribution is 6.30. The summed E-state index contributed by atoms with van der Waals surface area (Å²) >= 11 is 5.93. The topological polar surface area (TPSA) is 48.7 Å². The number of nitrogens with zero attached hydrogens (tertiary/aromatic N) is 2. The summed E-state index contributed by atoms with van der Waals surface area (Å²) in [5.41, 5.74) is 2.16. The van der Waals surface area contributed by atoms with Gasteiger partial charge in [0, 0.05) is 5.69 Å². The summed E-state index contributed by atoms with van der Waals surface area (Å²) in [4.78, 5) is 4.13. The maximum absolute atomic E-state index is 8.89. The van der Waals surface area contributed by atoms with Gasteiger partial charge in [0.2, 0.25) is 0 Å². The van der Waals surface area contributed by atoms with E-state index >= 15 is 0 Å². The fourth-order valence-electron chi connectivity index (χ4n) is 1.50. The molecule has 1 aromatic heterocycles. The number of para-hydroxylation sites is 1. The maximum Gasteiger partial charge on any atom is 0.149 e. The number of aryl methyl sites for hydroxylation is 1. The van der Waals surface area contributed by atoms with Gasteiger partial charge in [0.25, 0.3) is 0 Å². The minimum absolute atomic E-state index is 0.228. The molecule has 4 heteroatoms. The van der Waals surface area contributed by atoms with Crippen LogP contribution in [0.5, 0.6) is 0 Å². The van der Waals surface area contributed by atoms with E-state index in [1.54, 1.807) is 6.07 Å². The third kappa shape index (κ3) is 2.55. The van der Waals surface area contributed by atoms with Crippen LogP contribution in [0.25, 0.3) is 0 Å². The van der Waals surface area contributed by atoms with Crippen LogP contribution in [0.1, 0.15) is 11.1 Å². The van der Waals surface area contributed by atoms with Crippen LogP contribution in [0.3, 0.4) is 0 Å². The first-order valence-corrected chi connectivity index (χ1v) is 5.48. The number of hydrogen-bond acceptors (Lipinski definition) is 3. The first-order chi connectivity index (χ1) is 8.20. The average molecular weight is 244 g/mol. The molecular formula is C13H10ClN3. The Morgan fingerprint density at radius 3 is 2.59 bits per heavy atom.